The predicted molar refractivity (Wildman–Crippen MR) is 78.5 cm³/mol. The van der Waals surface area contributed by atoms with Gasteiger partial charge >= 0.3 is 0 Å². The average molecular weight is 268 g/mol. The maximum absolute atomic E-state index is 12.2. The minimum atomic E-state index is -0.180. The molecule has 0 spiro atoms. The van der Waals surface area contributed by atoms with E-state index in [1.807, 2.05) is 35.9 Å². The molecule has 0 unspecified atom stereocenters. The van der Waals surface area contributed by atoms with Gasteiger partial charge in [0.05, 0.1) is 0 Å². The molecule has 0 saturated carbocycles. The summed E-state index contributed by atoms with van der Waals surface area (Å²) in [6.45, 7) is 2.56. The number of aliphatic hydroxyl groups excluding tert-OH is 1. The molecule has 0 atom stereocenters. The highest BCUT2D eigenvalue weighted by Gasteiger charge is 2.09. The van der Waals surface area contributed by atoms with E-state index in [9.17, 15) is 4.79 Å². The van der Waals surface area contributed by atoms with Crippen LogP contribution in [0.3, 0.4) is 0 Å². The maximum Gasteiger partial charge on any atom is 0.272 e. The van der Waals surface area contributed by atoms with E-state index in [0.29, 0.717) is 11.4 Å². The summed E-state index contributed by atoms with van der Waals surface area (Å²) in [6.07, 6.45) is 1.87. The minimum absolute atomic E-state index is 0.149. The van der Waals surface area contributed by atoms with E-state index in [0.717, 1.165) is 12.1 Å². The van der Waals surface area contributed by atoms with E-state index in [1.165, 1.54) is 0 Å². The third-order valence-corrected chi connectivity index (χ3v) is 2.84. The Morgan fingerprint density at radius 1 is 1.35 bits per heavy atom. The van der Waals surface area contributed by atoms with Crippen LogP contribution in [0, 0.1) is 11.8 Å². The summed E-state index contributed by atoms with van der Waals surface area (Å²) >= 11 is 0. The number of aryl methyl sites for hydroxylation is 1. The van der Waals surface area contributed by atoms with Crippen LogP contribution in [0.2, 0.25) is 0 Å². The van der Waals surface area contributed by atoms with Gasteiger partial charge in [-0.15, -0.1) is 0 Å². The third kappa shape index (κ3) is 3.28. The first-order valence-corrected chi connectivity index (χ1v) is 6.41. The number of carbonyl (C=O) groups is 1. The Balaban J connectivity index is 2.16. The predicted octanol–water partition coefficient (Wildman–Crippen LogP) is 2.10. The second-order valence-electron chi connectivity index (χ2n) is 4.17. The Hall–Kier alpha value is -2.51. The topological polar surface area (TPSA) is 54.3 Å². The molecule has 0 saturated heterocycles. The summed E-state index contributed by atoms with van der Waals surface area (Å²) in [4.78, 5) is 12.2. The summed E-state index contributed by atoms with van der Waals surface area (Å²) in [5.74, 6) is 5.24. The van der Waals surface area contributed by atoms with Crippen molar-refractivity contribution in [3.63, 3.8) is 0 Å². The van der Waals surface area contributed by atoms with Crippen LogP contribution in [-0.4, -0.2) is 22.2 Å². The number of nitrogens with one attached hydrogen (secondary N) is 1. The number of hydrogen-bond acceptors (Lipinski definition) is 2. The summed E-state index contributed by atoms with van der Waals surface area (Å²) in [7, 11) is 0. The van der Waals surface area contributed by atoms with Crippen LogP contribution < -0.4 is 5.32 Å². The van der Waals surface area contributed by atoms with E-state index in [-0.39, 0.29) is 12.5 Å². The van der Waals surface area contributed by atoms with Crippen molar-refractivity contribution >= 4 is 11.6 Å². The molecule has 0 fully saturated rings. The Morgan fingerprint density at radius 3 is 2.95 bits per heavy atom. The number of nitrogens with zero attached hydrogens (tertiary/aromatic N) is 1. The second kappa shape index (κ2) is 6.60. The van der Waals surface area contributed by atoms with E-state index >= 15 is 0 Å². The number of anilines is 1. The summed E-state index contributed by atoms with van der Waals surface area (Å²) in [5, 5.41) is 11.5. The SMILES string of the molecule is CCn1cccc1C(=O)Nc1cccc(C#CCO)c1. The molecule has 1 aromatic heterocycles. The van der Waals surface area contributed by atoms with Gasteiger partial charge in [0.25, 0.3) is 5.91 Å². The lowest BCUT2D eigenvalue weighted by atomic mass is 10.2. The second-order valence-corrected chi connectivity index (χ2v) is 4.17. The van der Waals surface area contributed by atoms with Gasteiger partial charge in [-0.05, 0) is 37.3 Å². The largest absolute Gasteiger partial charge is 0.384 e. The van der Waals surface area contributed by atoms with Gasteiger partial charge in [-0.25, -0.2) is 0 Å². The van der Waals surface area contributed by atoms with Crippen molar-refractivity contribution in [2.45, 2.75) is 13.5 Å². The molecule has 0 aliphatic heterocycles. The lowest BCUT2D eigenvalue weighted by molar-refractivity contribution is 0.101. The van der Waals surface area contributed by atoms with E-state index in [2.05, 4.69) is 17.2 Å². The molecule has 1 aromatic carbocycles. The van der Waals surface area contributed by atoms with Crippen molar-refractivity contribution in [1.29, 1.82) is 0 Å². The van der Waals surface area contributed by atoms with Crippen LogP contribution in [0.5, 0.6) is 0 Å². The number of amides is 1. The fourth-order valence-electron chi connectivity index (χ4n) is 1.91. The molecular weight excluding hydrogens is 252 g/mol. The first-order chi connectivity index (χ1) is 9.74. The molecule has 0 aliphatic rings. The highest BCUT2D eigenvalue weighted by Crippen LogP contribution is 2.12. The van der Waals surface area contributed by atoms with Gasteiger partial charge in [-0.3, -0.25) is 4.79 Å². The van der Waals surface area contributed by atoms with Gasteiger partial charge in [-0.2, -0.15) is 0 Å². The van der Waals surface area contributed by atoms with Crippen LogP contribution in [0.4, 0.5) is 5.69 Å². The van der Waals surface area contributed by atoms with E-state index < -0.39 is 0 Å². The molecule has 2 aromatic rings. The number of rotatable bonds is 3. The Bertz CT molecular complexity index is 662. The molecule has 20 heavy (non-hydrogen) atoms. The van der Waals surface area contributed by atoms with Gasteiger partial charge in [0.2, 0.25) is 0 Å². The van der Waals surface area contributed by atoms with Crippen molar-refractivity contribution in [2.24, 2.45) is 0 Å². The lowest BCUT2D eigenvalue weighted by Crippen LogP contribution is -2.16. The molecular formula is C16H16N2O2. The van der Waals surface area contributed by atoms with Gasteiger partial charge < -0.3 is 15.0 Å². The van der Waals surface area contributed by atoms with Crippen molar-refractivity contribution in [3.05, 3.63) is 53.9 Å². The molecule has 2 rings (SSSR count). The van der Waals surface area contributed by atoms with Crippen molar-refractivity contribution in [2.75, 3.05) is 11.9 Å². The molecule has 0 radical (unpaired) electrons. The molecule has 1 amide bonds. The molecule has 1 heterocycles. The van der Waals surface area contributed by atoms with Crippen LogP contribution in [0.15, 0.2) is 42.6 Å². The highest BCUT2D eigenvalue weighted by molar-refractivity contribution is 6.03. The Labute approximate surface area is 118 Å². The summed E-state index contributed by atoms with van der Waals surface area (Å²) < 4.78 is 1.88. The third-order valence-electron chi connectivity index (χ3n) is 2.84. The standard InChI is InChI=1S/C16H16N2O2/c1-2-18-10-4-9-15(18)16(20)17-14-8-3-6-13(12-14)7-5-11-19/h3-4,6,8-10,12,19H,2,11H2,1H3,(H,17,20). The average Bonchev–Trinajstić information content (AvgIpc) is 2.94. The molecule has 0 aliphatic carbocycles. The number of hydrogen-bond donors (Lipinski definition) is 2. The fraction of sp³-hybridized carbons (Fsp3) is 0.188. The molecule has 4 heteroatoms. The molecule has 102 valence electrons. The highest BCUT2D eigenvalue weighted by atomic mass is 16.2. The summed E-state index contributed by atoms with van der Waals surface area (Å²) in [6, 6.07) is 10.9. The molecule has 2 N–H and O–H groups in total. The van der Waals surface area contributed by atoms with Crippen LogP contribution >= 0.6 is 0 Å². The Morgan fingerprint density at radius 2 is 2.20 bits per heavy atom. The van der Waals surface area contributed by atoms with Gasteiger partial charge in [-0.1, -0.05) is 17.9 Å². The number of benzene rings is 1. The van der Waals surface area contributed by atoms with Crippen LogP contribution in [0.25, 0.3) is 0 Å². The maximum atomic E-state index is 12.2. The molecule has 0 bridgehead atoms. The number of aromatic nitrogens is 1. The van der Waals surface area contributed by atoms with E-state index in [1.54, 1.807) is 18.2 Å². The zero-order valence-electron chi connectivity index (χ0n) is 11.3. The quantitative estimate of drug-likeness (QED) is 0.838. The summed E-state index contributed by atoms with van der Waals surface area (Å²) in [5.41, 5.74) is 2.06. The monoisotopic (exact) mass is 268 g/mol. The van der Waals surface area contributed by atoms with Crippen LogP contribution in [0.1, 0.15) is 23.0 Å². The Kier molecular flexibility index (Phi) is 4.59. The molecule has 4 nitrogen and oxygen atoms in total. The van der Waals surface area contributed by atoms with Crippen molar-refractivity contribution < 1.29 is 9.90 Å². The first-order valence-electron chi connectivity index (χ1n) is 6.41. The van der Waals surface area contributed by atoms with Gasteiger partial charge in [0, 0.05) is 24.0 Å². The van der Waals surface area contributed by atoms with Crippen molar-refractivity contribution in [3.8, 4) is 11.8 Å². The lowest BCUT2D eigenvalue weighted by Gasteiger charge is -2.08. The van der Waals surface area contributed by atoms with Crippen LogP contribution in [-0.2, 0) is 6.54 Å². The fourth-order valence-corrected chi connectivity index (χ4v) is 1.91. The first kappa shape index (κ1) is 13.9. The van der Waals surface area contributed by atoms with Gasteiger partial charge in [0.15, 0.2) is 0 Å². The zero-order chi connectivity index (χ0) is 14.4. The van der Waals surface area contributed by atoms with E-state index in [4.69, 9.17) is 5.11 Å². The normalized spacial score (nSPS) is 9.70. The number of aliphatic hydroxyl groups is 1. The van der Waals surface area contributed by atoms with Gasteiger partial charge in [0.1, 0.15) is 12.3 Å². The minimum Gasteiger partial charge on any atom is -0.384 e. The number of carbonyl (C=O) groups excluding carboxylic acids is 1. The zero-order valence-corrected chi connectivity index (χ0v) is 11.3. The smallest absolute Gasteiger partial charge is 0.272 e. The van der Waals surface area contributed by atoms with Crippen molar-refractivity contribution in [1.82, 2.24) is 4.57 Å².